The van der Waals surface area contributed by atoms with Crippen LogP contribution in [-0.4, -0.2) is 10.4 Å². The zero-order valence-corrected chi connectivity index (χ0v) is 12.2. The predicted molar refractivity (Wildman–Crippen MR) is 87.5 cm³/mol. The first-order valence-electron chi connectivity index (χ1n) is 7.00. The summed E-state index contributed by atoms with van der Waals surface area (Å²) in [5, 5.41) is 1.18. The Kier molecular flexibility index (Phi) is 3.44. The van der Waals surface area contributed by atoms with Crippen molar-refractivity contribution >= 4 is 22.8 Å². The fraction of sp³-hybridized carbons (Fsp3) is 0.105. The van der Waals surface area contributed by atoms with Crippen molar-refractivity contribution in [3.63, 3.8) is 0 Å². The van der Waals surface area contributed by atoms with E-state index < -0.39 is 0 Å². The van der Waals surface area contributed by atoms with Crippen LogP contribution in [0.1, 0.15) is 21.6 Å². The SMILES string of the molecule is Cc1c(/C=C/C(=O)c2ccccc2)c2ccccc2n1C. The summed E-state index contributed by atoms with van der Waals surface area (Å²) in [5.74, 6) is 0.0305. The fourth-order valence-corrected chi connectivity index (χ4v) is 2.62. The van der Waals surface area contributed by atoms with Crippen molar-refractivity contribution in [3.05, 3.63) is 77.5 Å². The summed E-state index contributed by atoms with van der Waals surface area (Å²) in [6.45, 7) is 2.08. The predicted octanol–water partition coefficient (Wildman–Crippen LogP) is 4.38. The van der Waals surface area contributed by atoms with E-state index in [1.807, 2.05) is 55.6 Å². The van der Waals surface area contributed by atoms with Gasteiger partial charge in [-0.25, -0.2) is 0 Å². The Labute approximate surface area is 124 Å². The van der Waals surface area contributed by atoms with Crippen LogP contribution in [0, 0.1) is 6.92 Å². The van der Waals surface area contributed by atoms with Gasteiger partial charge < -0.3 is 4.57 Å². The monoisotopic (exact) mass is 275 g/mol. The van der Waals surface area contributed by atoms with Gasteiger partial charge in [-0.1, -0.05) is 48.5 Å². The van der Waals surface area contributed by atoms with Gasteiger partial charge in [0, 0.05) is 34.8 Å². The number of fused-ring (bicyclic) bond motifs is 1. The lowest BCUT2D eigenvalue weighted by Gasteiger charge is -1.98. The average Bonchev–Trinajstić information content (AvgIpc) is 2.78. The fourth-order valence-electron chi connectivity index (χ4n) is 2.62. The Hall–Kier alpha value is -2.61. The van der Waals surface area contributed by atoms with Crippen molar-refractivity contribution in [1.82, 2.24) is 4.57 Å². The molecule has 0 fully saturated rings. The highest BCUT2D eigenvalue weighted by Crippen LogP contribution is 2.25. The third kappa shape index (κ3) is 2.40. The molecule has 0 saturated heterocycles. The van der Waals surface area contributed by atoms with E-state index in [0.717, 1.165) is 11.3 Å². The van der Waals surface area contributed by atoms with Crippen LogP contribution in [-0.2, 0) is 7.05 Å². The second-order valence-corrected chi connectivity index (χ2v) is 5.14. The molecule has 0 aliphatic heterocycles. The lowest BCUT2D eigenvalue weighted by Crippen LogP contribution is -1.93. The standard InChI is InChI=1S/C19H17NO/c1-14-16(17-10-6-7-11-18(17)20(14)2)12-13-19(21)15-8-4-3-5-9-15/h3-13H,1-2H3/b13-12+. The quantitative estimate of drug-likeness (QED) is 0.513. The molecule has 2 heteroatoms. The van der Waals surface area contributed by atoms with Gasteiger partial charge in [-0.05, 0) is 25.1 Å². The molecule has 3 aromatic rings. The number of carbonyl (C=O) groups excluding carboxylic acids is 1. The van der Waals surface area contributed by atoms with E-state index in [2.05, 4.69) is 23.6 Å². The molecule has 3 rings (SSSR count). The van der Waals surface area contributed by atoms with Crippen LogP contribution in [0.4, 0.5) is 0 Å². The summed E-state index contributed by atoms with van der Waals surface area (Å²) in [6.07, 6.45) is 3.58. The minimum Gasteiger partial charge on any atom is -0.347 e. The maximum Gasteiger partial charge on any atom is 0.185 e. The van der Waals surface area contributed by atoms with Crippen LogP contribution < -0.4 is 0 Å². The molecule has 0 amide bonds. The third-order valence-electron chi connectivity index (χ3n) is 3.91. The summed E-state index contributed by atoms with van der Waals surface area (Å²) >= 11 is 0. The molecule has 0 bridgehead atoms. The molecule has 0 atom stereocenters. The molecule has 0 aliphatic rings. The molecule has 0 spiro atoms. The number of benzene rings is 2. The summed E-state index contributed by atoms with van der Waals surface area (Å²) in [6, 6.07) is 17.6. The molecule has 0 aliphatic carbocycles. The molecule has 1 heterocycles. The highest BCUT2D eigenvalue weighted by Gasteiger charge is 2.09. The van der Waals surface area contributed by atoms with Gasteiger partial charge in [0.15, 0.2) is 5.78 Å². The van der Waals surface area contributed by atoms with Gasteiger partial charge in [0.25, 0.3) is 0 Å². The van der Waals surface area contributed by atoms with Crippen LogP contribution in [0.5, 0.6) is 0 Å². The molecule has 0 radical (unpaired) electrons. The maximum atomic E-state index is 12.2. The second-order valence-electron chi connectivity index (χ2n) is 5.14. The number of allylic oxidation sites excluding steroid dienone is 1. The van der Waals surface area contributed by atoms with Crippen LogP contribution in [0.3, 0.4) is 0 Å². The number of aromatic nitrogens is 1. The lowest BCUT2D eigenvalue weighted by molar-refractivity contribution is 0.104. The van der Waals surface area contributed by atoms with Crippen LogP contribution in [0.15, 0.2) is 60.7 Å². The summed E-state index contributed by atoms with van der Waals surface area (Å²) < 4.78 is 2.15. The van der Waals surface area contributed by atoms with E-state index in [-0.39, 0.29) is 5.78 Å². The number of aryl methyl sites for hydroxylation is 1. The number of carbonyl (C=O) groups is 1. The minimum absolute atomic E-state index is 0.0305. The van der Waals surface area contributed by atoms with Crippen molar-refractivity contribution in [1.29, 1.82) is 0 Å². The Morgan fingerprint density at radius 2 is 1.67 bits per heavy atom. The summed E-state index contributed by atoms with van der Waals surface area (Å²) in [4.78, 5) is 12.2. The van der Waals surface area contributed by atoms with Gasteiger partial charge >= 0.3 is 0 Å². The molecule has 1 aromatic heterocycles. The van der Waals surface area contributed by atoms with Crippen molar-refractivity contribution in [2.24, 2.45) is 7.05 Å². The lowest BCUT2D eigenvalue weighted by atomic mass is 10.1. The van der Waals surface area contributed by atoms with Crippen molar-refractivity contribution in [3.8, 4) is 0 Å². The zero-order chi connectivity index (χ0) is 14.8. The Morgan fingerprint density at radius 3 is 2.43 bits per heavy atom. The van der Waals surface area contributed by atoms with Gasteiger partial charge in [0.1, 0.15) is 0 Å². The number of nitrogens with zero attached hydrogens (tertiary/aromatic N) is 1. The maximum absolute atomic E-state index is 12.2. The minimum atomic E-state index is 0.0305. The zero-order valence-electron chi connectivity index (χ0n) is 12.2. The molecular formula is C19H17NO. The molecule has 2 aromatic carbocycles. The molecule has 0 saturated carbocycles. The van der Waals surface area contributed by atoms with Gasteiger partial charge in [-0.15, -0.1) is 0 Å². The van der Waals surface area contributed by atoms with E-state index in [0.29, 0.717) is 5.56 Å². The molecule has 0 N–H and O–H groups in total. The Balaban J connectivity index is 2.01. The van der Waals surface area contributed by atoms with Crippen LogP contribution in [0.2, 0.25) is 0 Å². The number of hydrogen-bond acceptors (Lipinski definition) is 1. The highest BCUT2D eigenvalue weighted by atomic mass is 16.1. The molecule has 104 valence electrons. The van der Waals surface area contributed by atoms with E-state index in [1.54, 1.807) is 6.08 Å². The van der Waals surface area contributed by atoms with E-state index in [9.17, 15) is 4.79 Å². The topological polar surface area (TPSA) is 22.0 Å². The Bertz CT molecular complexity index is 825. The number of rotatable bonds is 3. The van der Waals surface area contributed by atoms with Crippen molar-refractivity contribution in [2.45, 2.75) is 6.92 Å². The largest absolute Gasteiger partial charge is 0.347 e. The van der Waals surface area contributed by atoms with Gasteiger partial charge in [-0.3, -0.25) is 4.79 Å². The molecule has 21 heavy (non-hydrogen) atoms. The molecule has 2 nitrogen and oxygen atoms in total. The van der Waals surface area contributed by atoms with Gasteiger partial charge in [0.2, 0.25) is 0 Å². The van der Waals surface area contributed by atoms with Crippen molar-refractivity contribution in [2.75, 3.05) is 0 Å². The Morgan fingerprint density at radius 1 is 1.00 bits per heavy atom. The first kappa shape index (κ1) is 13.4. The third-order valence-corrected chi connectivity index (χ3v) is 3.91. The first-order valence-corrected chi connectivity index (χ1v) is 7.00. The number of hydrogen-bond donors (Lipinski definition) is 0. The van der Waals surface area contributed by atoms with Crippen LogP contribution in [0.25, 0.3) is 17.0 Å². The van der Waals surface area contributed by atoms with Gasteiger partial charge in [-0.2, -0.15) is 0 Å². The number of ketones is 1. The second kappa shape index (κ2) is 5.41. The van der Waals surface area contributed by atoms with Crippen molar-refractivity contribution < 1.29 is 4.79 Å². The molecule has 0 unspecified atom stereocenters. The smallest absolute Gasteiger partial charge is 0.185 e. The van der Waals surface area contributed by atoms with Crippen LogP contribution >= 0.6 is 0 Å². The summed E-state index contributed by atoms with van der Waals surface area (Å²) in [7, 11) is 2.05. The van der Waals surface area contributed by atoms with E-state index >= 15 is 0 Å². The van der Waals surface area contributed by atoms with E-state index in [1.165, 1.54) is 10.9 Å². The first-order chi connectivity index (χ1) is 10.2. The van der Waals surface area contributed by atoms with Gasteiger partial charge in [0.05, 0.1) is 0 Å². The molecular weight excluding hydrogens is 258 g/mol. The van der Waals surface area contributed by atoms with E-state index in [4.69, 9.17) is 0 Å². The average molecular weight is 275 g/mol. The highest BCUT2D eigenvalue weighted by molar-refractivity contribution is 6.08. The summed E-state index contributed by atoms with van der Waals surface area (Å²) in [5.41, 5.74) is 4.17. The number of para-hydroxylation sites is 1. The normalized spacial score (nSPS) is 11.3.